The molecule has 10 heteroatoms. The number of halogens is 4. The standard InChI is InChI=1S/C28H30ClF3N4O2/c1-27(11-14-8-20-18(14)9-15(12-27)28(20,31)32)34-26(38)19-13-36(22-6-4-16(30)10-21(22)29)25-17(24(19)37)5-7-23(33-25)35(2)3/h4-7,10,13-15,18,20,26,34,38H,8-9,11-12H2,1-3H3. The second-order valence-electron chi connectivity index (χ2n) is 11.7. The number of aromatic nitrogens is 2. The molecule has 0 saturated heterocycles. The van der Waals surface area contributed by atoms with Gasteiger partial charge in [0.05, 0.1) is 21.7 Å². The molecule has 3 aromatic rings. The summed E-state index contributed by atoms with van der Waals surface area (Å²) >= 11 is 6.39. The summed E-state index contributed by atoms with van der Waals surface area (Å²) in [5.74, 6) is -3.65. The van der Waals surface area contributed by atoms with E-state index in [1.54, 1.807) is 21.6 Å². The molecule has 6 nitrogen and oxygen atoms in total. The highest BCUT2D eigenvalue weighted by Gasteiger charge is 2.67. The second-order valence-corrected chi connectivity index (χ2v) is 12.1. The maximum atomic E-state index is 15.0. The molecule has 1 aromatic carbocycles. The molecule has 3 aliphatic rings. The Hall–Kier alpha value is -2.62. The number of benzene rings is 1. The van der Waals surface area contributed by atoms with Crippen LogP contribution in [0.5, 0.6) is 0 Å². The lowest BCUT2D eigenvalue weighted by Gasteiger charge is -2.49. The first-order chi connectivity index (χ1) is 17.9. The number of aliphatic hydroxyl groups is 1. The molecule has 3 saturated carbocycles. The molecule has 6 unspecified atom stereocenters. The molecule has 0 aliphatic heterocycles. The number of anilines is 1. The van der Waals surface area contributed by atoms with Crippen LogP contribution in [0.4, 0.5) is 19.0 Å². The van der Waals surface area contributed by atoms with Crippen molar-refractivity contribution in [2.75, 3.05) is 19.0 Å². The minimum absolute atomic E-state index is 0.0335. The summed E-state index contributed by atoms with van der Waals surface area (Å²) in [7, 11) is 3.63. The van der Waals surface area contributed by atoms with E-state index < -0.39 is 40.8 Å². The van der Waals surface area contributed by atoms with Crippen LogP contribution >= 0.6 is 11.6 Å². The van der Waals surface area contributed by atoms with Crippen LogP contribution in [0.25, 0.3) is 16.7 Å². The van der Waals surface area contributed by atoms with E-state index in [9.17, 15) is 23.1 Å². The minimum atomic E-state index is -2.69. The minimum Gasteiger partial charge on any atom is -0.374 e. The van der Waals surface area contributed by atoms with Crippen molar-refractivity contribution in [1.29, 1.82) is 0 Å². The summed E-state index contributed by atoms with van der Waals surface area (Å²) in [5, 5.41) is 14.9. The SMILES string of the molecule is CN(C)c1ccc2c(=O)c(C(O)NC3(C)CC4CC5C4CC(C3)C5(F)F)cn(-c3ccc(F)cc3Cl)c2n1. The van der Waals surface area contributed by atoms with Crippen molar-refractivity contribution in [2.24, 2.45) is 23.7 Å². The van der Waals surface area contributed by atoms with Gasteiger partial charge in [-0.2, -0.15) is 0 Å². The molecule has 3 aliphatic carbocycles. The lowest BCUT2D eigenvalue weighted by Crippen LogP contribution is -2.54. The van der Waals surface area contributed by atoms with Crippen LogP contribution in [0.3, 0.4) is 0 Å². The molecule has 0 radical (unpaired) electrons. The van der Waals surface area contributed by atoms with Crippen LogP contribution < -0.4 is 15.6 Å². The number of nitrogens with zero attached hydrogens (tertiary/aromatic N) is 3. The first-order valence-corrected chi connectivity index (χ1v) is 13.3. The van der Waals surface area contributed by atoms with Gasteiger partial charge >= 0.3 is 0 Å². The Bertz CT molecular complexity index is 1490. The van der Waals surface area contributed by atoms with Gasteiger partial charge in [-0.3, -0.25) is 14.7 Å². The molecule has 0 spiro atoms. The Labute approximate surface area is 223 Å². The molecule has 2 N–H and O–H groups in total. The Balaban J connectivity index is 1.43. The third-order valence-corrected chi connectivity index (χ3v) is 9.26. The van der Waals surface area contributed by atoms with Crippen LogP contribution in [-0.2, 0) is 0 Å². The average molecular weight is 547 g/mol. The number of pyridine rings is 2. The molecule has 2 bridgehead atoms. The average Bonchev–Trinajstić information content (AvgIpc) is 2.95. The van der Waals surface area contributed by atoms with E-state index in [2.05, 4.69) is 10.3 Å². The van der Waals surface area contributed by atoms with Crippen molar-refractivity contribution in [3.05, 3.63) is 63.2 Å². The van der Waals surface area contributed by atoms with Crippen molar-refractivity contribution in [3.8, 4) is 5.69 Å². The summed E-state index contributed by atoms with van der Waals surface area (Å²) in [5.41, 5.74) is -0.492. The van der Waals surface area contributed by atoms with E-state index in [-0.39, 0.29) is 34.2 Å². The zero-order valence-corrected chi connectivity index (χ0v) is 22.1. The molecule has 6 atom stereocenters. The third-order valence-electron chi connectivity index (χ3n) is 8.95. The van der Waals surface area contributed by atoms with Gasteiger partial charge in [0.25, 0.3) is 5.92 Å². The summed E-state index contributed by atoms with van der Waals surface area (Å²) in [6, 6.07) is 7.23. The molecular weight excluding hydrogens is 517 g/mol. The molecule has 202 valence electrons. The van der Waals surface area contributed by atoms with E-state index in [1.165, 1.54) is 24.4 Å². The van der Waals surface area contributed by atoms with E-state index in [1.807, 2.05) is 21.0 Å². The fourth-order valence-electron chi connectivity index (χ4n) is 7.10. The predicted molar refractivity (Wildman–Crippen MR) is 141 cm³/mol. The van der Waals surface area contributed by atoms with Crippen LogP contribution in [-0.4, -0.2) is 40.2 Å². The molecule has 38 heavy (non-hydrogen) atoms. The van der Waals surface area contributed by atoms with Crippen LogP contribution in [0.1, 0.15) is 44.4 Å². The van der Waals surface area contributed by atoms with Gasteiger partial charge in [0.1, 0.15) is 17.9 Å². The van der Waals surface area contributed by atoms with Gasteiger partial charge in [-0.15, -0.1) is 0 Å². The smallest absolute Gasteiger partial charge is 0.254 e. The van der Waals surface area contributed by atoms with Gasteiger partial charge in [0.15, 0.2) is 11.1 Å². The lowest BCUT2D eigenvalue weighted by atomic mass is 9.61. The van der Waals surface area contributed by atoms with Crippen molar-refractivity contribution in [1.82, 2.24) is 14.9 Å². The molecular formula is C28H30ClF3N4O2. The third kappa shape index (κ3) is 3.93. The van der Waals surface area contributed by atoms with Crippen molar-refractivity contribution in [2.45, 2.75) is 50.3 Å². The molecule has 0 amide bonds. The predicted octanol–water partition coefficient (Wildman–Crippen LogP) is 5.28. The maximum absolute atomic E-state index is 15.0. The maximum Gasteiger partial charge on any atom is 0.254 e. The highest BCUT2D eigenvalue weighted by molar-refractivity contribution is 6.32. The van der Waals surface area contributed by atoms with Gasteiger partial charge < -0.3 is 10.0 Å². The Morgan fingerprint density at radius 3 is 2.68 bits per heavy atom. The number of hydrogen-bond donors (Lipinski definition) is 2. The monoisotopic (exact) mass is 546 g/mol. The number of hydrogen-bond acceptors (Lipinski definition) is 5. The highest BCUT2D eigenvalue weighted by Crippen LogP contribution is 2.66. The Kier molecular flexibility index (Phi) is 5.87. The number of rotatable bonds is 5. The quantitative estimate of drug-likeness (QED) is 0.426. The van der Waals surface area contributed by atoms with Crippen molar-refractivity contribution in [3.63, 3.8) is 0 Å². The van der Waals surface area contributed by atoms with Crippen molar-refractivity contribution < 1.29 is 18.3 Å². The molecule has 3 fully saturated rings. The molecule has 6 rings (SSSR count). The van der Waals surface area contributed by atoms with E-state index in [0.717, 1.165) is 0 Å². The van der Waals surface area contributed by atoms with Gasteiger partial charge in [0, 0.05) is 37.7 Å². The number of alkyl halides is 2. The first kappa shape index (κ1) is 25.6. The first-order valence-electron chi connectivity index (χ1n) is 12.9. The largest absolute Gasteiger partial charge is 0.374 e. The normalized spacial score (nSPS) is 30.1. The molecule has 2 heterocycles. The zero-order valence-electron chi connectivity index (χ0n) is 21.4. The summed E-state index contributed by atoms with van der Waals surface area (Å²) < 4.78 is 45.3. The van der Waals surface area contributed by atoms with E-state index in [0.29, 0.717) is 36.4 Å². The highest BCUT2D eigenvalue weighted by atomic mass is 35.5. The summed E-state index contributed by atoms with van der Waals surface area (Å²) in [4.78, 5) is 20.0. The van der Waals surface area contributed by atoms with Crippen LogP contribution in [0, 0.1) is 29.5 Å². The van der Waals surface area contributed by atoms with Crippen molar-refractivity contribution >= 4 is 28.5 Å². The number of fused-ring (bicyclic) bond motifs is 2. The van der Waals surface area contributed by atoms with E-state index in [4.69, 9.17) is 11.6 Å². The fourth-order valence-corrected chi connectivity index (χ4v) is 7.36. The van der Waals surface area contributed by atoms with Gasteiger partial charge in [-0.1, -0.05) is 11.6 Å². The Morgan fingerprint density at radius 2 is 1.97 bits per heavy atom. The topological polar surface area (TPSA) is 70.4 Å². The zero-order chi connectivity index (χ0) is 27.1. The second kappa shape index (κ2) is 8.69. The van der Waals surface area contributed by atoms with Gasteiger partial charge in [-0.25, -0.2) is 18.2 Å². The Morgan fingerprint density at radius 1 is 1.21 bits per heavy atom. The van der Waals surface area contributed by atoms with Gasteiger partial charge in [-0.05, 0) is 74.8 Å². The molecule has 2 aromatic heterocycles. The summed E-state index contributed by atoms with van der Waals surface area (Å²) in [6.45, 7) is 1.86. The number of nitrogens with one attached hydrogen (secondary N) is 1. The number of aliphatic hydroxyl groups excluding tert-OH is 1. The van der Waals surface area contributed by atoms with Crippen LogP contribution in [0.15, 0.2) is 41.3 Å². The summed E-state index contributed by atoms with van der Waals surface area (Å²) in [6.07, 6.45) is 1.94. The lowest BCUT2D eigenvalue weighted by molar-refractivity contribution is -0.142. The van der Waals surface area contributed by atoms with Gasteiger partial charge in [0.2, 0.25) is 0 Å². The van der Waals surface area contributed by atoms with E-state index >= 15 is 0 Å². The van der Waals surface area contributed by atoms with Crippen LogP contribution in [0.2, 0.25) is 5.02 Å². The fraction of sp³-hybridized carbons (Fsp3) is 0.500.